The number of piperidine rings is 1. The lowest BCUT2D eigenvalue weighted by Gasteiger charge is -2.35. The molecule has 1 aliphatic carbocycles. The second-order valence-corrected chi connectivity index (χ2v) is 11.6. The number of nitrogens with zero attached hydrogens (tertiary/aromatic N) is 5. The molecule has 6 rings (SSSR count). The fourth-order valence-corrected chi connectivity index (χ4v) is 6.14. The van der Waals surface area contributed by atoms with E-state index in [4.69, 9.17) is 21.1 Å². The number of carbonyl (C=O) groups excluding carboxylic acids is 1. The Balaban J connectivity index is 1.22. The fourth-order valence-electron chi connectivity index (χ4n) is 6.02. The highest BCUT2D eigenvalue weighted by atomic mass is 35.5. The van der Waals surface area contributed by atoms with Crippen LogP contribution in [0.2, 0.25) is 5.02 Å². The molecule has 11 heteroatoms. The molecule has 0 bridgehead atoms. The van der Waals surface area contributed by atoms with Crippen molar-refractivity contribution in [2.45, 2.75) is 43.8 Å². The van der Waals surface area contributed by atoms with Gasteiger partial charge in [0.15, 0.2) is 0 Å². The van der Waals surface area contributed by atoms with Crippen molar-refractivity contribution in [2.75, 3.05) is 46.7 Å². The predicted molar refractivity (Wildman–Crippen MR) is 155 cm³/mol. The van der Waals surface area contributed by atoms with Gasteiger partial charge in [-0.15, -0.1) is 0 Å². The van der Waals surface area contributed by atoms with E-state index in [9.17, 15) is 4.79 Å². The number of rotatable bonds is 8. The Labute approximate surface area is 244 Å². The number of carbonyl (C=O) groups is 1. The van der Waals surface area contributed by atoms with Crippen molar-refractivity contribution in [2.24, 2.45) is 0 Å². The molecule has 1 amide bonds. The minimum Gasteiger partial charge on any atom is -0.495 e. The number of anilines is 2. The van der Waals surface area contributed by atoms with Crippen LogP contribution in [0, 0.1) is 5.82 Å². The Morgan fingerprint density at radius 2 is 1.95 bits per heavy atom. The third-order valence-corrected chi connectivity index (χ3v) is 8.94. The zero-order valence-electron chi connectivity index (χ0n) is 23.7. The Bertz CT molecular complexity index is 1490. The quantitative estimate of drug-likeness (QED) is 0.378. The van der Waals surface area contributed by atoms with Gasteiger partial charge in [-0.1, -0.05) is 23.7 Å². The Morgan fingerprint density at radius 3 is 2.66 bits per heavy atom. The van der Waals surface area contributed by atoms with Crippen LogP contribution in [-0.2, 0) is 12.1 Å². The number of amides is 1. The van der Waals surface area contributed by atoms with Crippen LogP contribution in [0.25, 0.3) is 0 Å². The van der Waals surface area contributed by atoms with E-state index in [1.54, 1.807) is 17.0 Å². The number of ether oxygens (including phenoxy) is 2. The number of methoxy groups -OCH3 is 1. The topological polar surface area (TPSA) is 83.1 Å². The van der Waals surface area contributed by atoms with E-state index in [1.807, 2.05) is 26.2 Å². The SMILES string of the molecule is COc1cc(CN(C)C2CCN(C)CC2)c(F)cc1Nc1ncc(Cl)c(Oc2cccc3c2C(=O)N(C)C32CC2)n1. The summed E-state index contributed by atoms with van der Waals surface area (Å²) in [5, 5.41) is 3.22. The Kier molecular flexibility index (Phi) is 7.25. The van der Waals surface area contributed by atoms with E-state index in [0.717, 1.165) is 44.3 Å². The van der Waals surface area contributed by atoms with Gasteiger partial charge in [-0.05, 0) is 70.6 Å². The molecule has 2 aliphatic heterocycles. The third kappa shape index (κ3) is 5.09. The van der Waals surface area contributed by atoms with Gasteiger partial charge in [-0.2, -0.15) is 4.98 Å². The number of hydrogen-bond acceptors (Lipinski definition) is 8. The summed E-state index contributed by atoms with van der Waals surface area (Å²) in [6, 6.07) is 9.08. The van der Waals surface area contributed by atoms with Crippen LogP contribution in [0.15, 0.2) is 36.5 Å². The van der Waals surface area contributed by atoms with Gasteiger partial charge >= 0.3 is 0 Å². The standard InChI is InChI=1S/C30H34ClFN6O3/c1-36-12-8-19(9-13-36)37(2)17-18-14-25(40-4)23(15-22(18)32)34-29-33-16-21(31)27(35-29)41-24-7-5-6-20-26(24)28(39)38(3)30(20)10-11-30/h5-7,14-16,19H,8-13,17H2,1-4H3,(H,33,34,35). The molecule has 3 aliphatic rings. The fraction of sp³-hybridized carbons (Fsp3) is 0.433. The van der Waals surface area contributed by atoms with Crippen molar-refractivity contribution < 1.29 is 18.7 Å². The molecule has 1 spiro atoms. The Hall–Kier alpha value is -3.47. The molecular weight excluding hydrogens is 547 g/mol. The van der Waals surface area contributed by atoms with E-state index in [2.05, 4.69) is 32.1 Å². The second kappa shape index (κ2) is 10.7. The highest BCUT2D eigenvalue weighted by Crippen LogP contribution is 2.57. The van der Waals surface area contributed by atoms with Gasteiger partial charge in [0.1, 0.15) is 22.3 Å². The maximum Gasteiger partial charge on any atom is 0.258 e. The van der Waals surface area contributed by atoms with Gasteiger partial charge in [0.2, 0.25) is 11.8 Å². The number of aromatic nitrogens is 2. The largest absolute Gasteiger partial charge is 0.495 e. The molecule has 1 saturated carbocycles. The highest BCUT2D eigenvalue weighted by molar-refractivity contribution is 6.31. The summed E-state index contributed by atoms with van der Waals surface area (Å²) in [5.41, 5.74) is 2.19. The van der Waals surface area contributed by atoms with Crippen LogP contribution in [0.3, 0.4) is 0 Å². The molecule has 0 unspecified atom stereocenters. The Morgan fingerprint density at radius 1 is 1.20 bits per heavy atom. The average Bonchev–Trinajstić information content (AvgIpc) is 3.74. The van der Waals surface area contributed by atoms with Crippen LogP contribution >= 0.6 is 11.6 Å². The zero-order valence-corrected chi connectivity index (χ0v) is 24.5. The number of likely N-dealkylation sites (tertiary alicyclic amines) is 1. The van der Waals surface area contributed by atoms with Crippen LogP contribution in [-0.4, -0.2) is 78.0 Å². The van der Waals surface area contributed by atoms with Crippen molar-refractivity contribution >= 4 is 29.1 Å². The minimum absolute atomic E-state index is 0.0839. The lowest BCUT2D eigenvalue weighted by molar-refractivity contribution is 0.0753. The summed E-state index contributed by atoms with van der Waals surface area (Å²) in [7, 11) is 7.53. The highest BCUT2D eigenvalue weighted by Gasteiger charge is 2.57. The minimum atomic E-state index is -0.352. The summed E-state index contributed by atoms with van der Waals surface area (Å²) in [4.78, 5) is 28.1. The van der Waals surface area contributed by atoms with Crippen molar-refractivity contribution in [3.63, 3.8) is 0 Å². The number of nitrogens with one attached hydrogen (secondary N) is 1. The smallest absolute Gasteiger partial charge is 0.258 e. The molecule has 2 aromatic carbocycles. The van der Waals surface area contributed by atoms with Gasteiger partial charge in [0.05, 0.1) is 30.1 Å². The monoisotopic (exact) mass is 580 g/mol. The summed E-state index contributed by atoms with van der Waals surface area (Å²) in [6.45, 7) is 2.55. The van der Waals surface area contributed by atoms with E-state index in [-0.39, 0.29) is 34.1 Å². The second-order valence-electron chi connectivity index (χ2n) is 11.2. The lowest BCUT2D eigenvalue weighted by atomic mass is 10.0. The van der Waals surface area contributed by atoms with Gasteiger partial charge in [-0.25, -0.2) is 9.37 Å². The molecule has 216 valence electrons. The molecular formula is C30H34ClFN6O3. The summed E-state index contributed by atoms with van der Waals surface area (Å²) in [6.07, 6.45) is 5.38. The van der Waals surface area contributed by atoms with Crippen molar-refractivity contribution in [3.8, 4) is 17.4 Å². The molecule has 41 heavy (non-hydrogen) atoms. The van der Waals surface area contributed by atoms with Crippen molar-refractivity contribution in [1.82, 2.24) is 24.7 Å². The van der Waals surface area contributed by atoms with Crippen LogP contribution < -0.4 is 14.8 Å². The summed E-state index contributed by atoms with van der Waals surface area (Å²) < 4.78 is 27.0. The first-order valence-corrected chi connectivity index (χ1v) is 14.2. The summed E-state index contributed by atoms with van der Waals surface area (Å²) in [5.74, 6) is 0.641. The zero-order chi connectivity index (χ0) is 28.9. The molecule has 9 nitrogen and oxygen atoms in total. The average molecular weight is 581 g/mol. The van der Waals surface area contributed by atoms with Gasteiger partial charge in [-0.3, -0.25) is 9.69 Å². The summed E-state index contributed by atoms with van der Waals surface area (Å²) >= 11 is 6.39. The van der Waals surface area contributed by atoms with Gasteiger partial charge in [0, 0.05) is 31.3 Å². The predicted octanol–water partition coefficient (Wildman–Crippen LogP) is 5.41. The van der Waals surface area contributed by atoms with E-state index in [0.29, 0.717) is 40.9 Å². The number of halogens is 2. The van der Waals surface area contributed by atoms with Gasteiger partial charge in [0.25, 0.3) is 5.91 Å². The first-order chi connectivity index (χ1) is 19.7. The van der Waals surface area contributed by atoms with Crippen molar-refractivity contribution in [3.05, 3.63) is 64.1 Å². The third-order valence-electron chi connectivity index (χ3n) is 8.68. The lowest BCUT2D eigenvalue weighted by Crippen LogP contribution is -2.41. The van der Waals surface area contributed by atoms with E-state index >= 15 is 4.39 Å². The van der Waals surface area contributed by atoms with Crippen LogP contribution in [0.1, 0.15) is 47.2 Å². The van der Waals surface area contributed by atoms with Crippen LogP contribution in [0.5, 0.6) is 17.4 Å². The molecule has 3 heterocycles. The first kappa shape index (κ1) is 27.7. The first-order valence-electron chi connectivity index (χ1n) is 13.8. The van der Waals surface area contributed by atoms with Crippen LogP contribution in [0.4, 0.5) is 16.0 Å². The molecule has 0 atom stereocenters. The molecule has 0 radical (unpaired) electrons. The number of fused-ring (bicyclic) bond motifs is 2. The van der Waals surface area contributed by atoms with Crippen molar-refractivity contribution in [1.29, 1.82) is 0 Å². The van der Waals surface area contributed by atoms with E-state index < -0.39 is 0 Å². The van der Waals surface area contributed by atoms with E-state index in [1.165, 1.54) is 19.4 Å². The maximum absolute atomic E-state index is 15.3. The normalized spacial score (nSPS) is 18.2. The van der Waals surface area contributed by atoms with Gasteiger partial charge < -0.3 is 24.6 Å². The number of hydrogen-bond donors (Lipinski definition) is 1. The molecule has 1 N–H and O–H groups in total. The molecule has 1 saturated heterocycles. The molecule has 1 aromatic heterocycles. The molecule has 2 fully saturated rings. The number of benzene rings is 2. The maximum atomic E-state index is 15.3. The molecule has 3 aromatic rings.